The van der Waals surface area contributed by atoms with E-state index in [1.54, 1.807) is 0 Å². The first-order valence-electron chi connectivity index (χ1n) is 5.82. The lowest BCUT2D eigenvalue weighted by molar-refractivity contribution is -0.192. The van der Waals surface area contributed by atoms with Crippen molar-refractivity contribution >= 4 is 5.97 Å². The number of hydrogen-bond donors (Lipinski definition) is 2. The van der Waals surface area contributed by atoms with E-state index < -0.39 is 17.8 Å². The van der Waals surface area contributed by atoms with E-state index in [9.17, 15) is 17.6 Å². The van der Waals surface area contributed by atoms with Crippen LogP contribution in [0.25, 0.3) is 0 Å². The Morgan fingerprint density at radius 3 is 1.67 bits per heavy atom. The maximum Gasteiger partial charge on any atom is 0.490 e. The Morgan fingerprint density at radius 1 is 1.11 bits per heavy atom. The van der Waals surface area contributed by atoms with Crippen LogP contribution in [0.2, 0.25) is 0 Å². The highest BCUT2D eigenvalue weighted by Gasteiger charge is 2.48. The summed E-state index contributed by atoms with van der Waals surface area (Å²) in [5, 5.41) is 7.12. The van der Waals surface area contributed by atoms with Gasteiger partial charge in [-0.3, -0.25) is 0 Å². The van der Waals surface area contributed by atoms with Crippen LogP contribution in [0.3, 0.4) is 0 Å². The molecule has 0 radical (unpaired) electrons. The van der Waals surface area contributed by atoms with Crippen molar-refractivity contribution in [1.82, 2.24) is 0 Å². The molecule has 0 amide bonds. The molecule has 18 heavy (non-hydrogen) atoms. The van der Waals surface area contributed by atoms with Crippen molar-refractivity contribution in [2.45, 2.75) is 50.4 Å². The van der Waals surface area contributed by atoms with Crippen LogP contribution in [-0.2, 0) is 4.79 Å². The second-order valence-electron chi connectivity index (χ2n) is 5.16. The minimum absolute atomic E-state index is 0.341. The van der Waals surface area contributed by atoms with Crippen LogP contribution < -0.4 is 5.73 Å². The molecule has 0 aliphatic heterocycles. The standard InChI is InChI=1S/C9H16FN.C2HF3O2/c10-9-4-1-8(7-11,2-5-9)3-6-9;3-2(4,5)1(6)7/h1-7,11H2;(H,6,7). The molecule has 3 aliphatic carbocycles. The summed E-state index contributed by atoms with van der Waals surface area (Å²) in [7, 11) is 0. The van der Waals surface area contributed by atoms with E-state index in [1.165, 1.54) is 0 Å². The SMILES string of the molecule is NCC12CCC(F)(CC1)CC2.O=C(O)C(F)(F)F. The number of halogens is 4. The number of carbonyl (C=O) groups is 1. The highest BCUT2D eigenvalue weighted by atomic mass is 19.4. The number of nitrogens with two attached hydrogens (primary N) is 1. The molecule has 0 saturated heterocycles. The highest BCUT2D eigenvalue weighted by Crippen LogP contribution is 2.53. The second-order valence-corrected chi connectivity index (χ2v) is 5.16. The van der Waals surface area contributed by atoms with E-state index in [-0.39, 0.29) is 0 Å². The third-order valence-corrected chi connectivity index (χ3v) is 3.99. The number of hydrogen-bond acceptors (Lipinski definition) is 2. The molecule has 7 heteroatoms. The average molecular weight is 271 g/mol. The summed E-state index contributed by atoms with van der Waals surface area (Å²) in [4.78, 5) is 8.90. The molecule has 0 aromatic heterocycles. The van der Waals surface area contributed by atoms with Crippen molar-refractivity contribution < 1.29 is 27.5 Å². The maximum absolute atomic E-state index is 13.6. The predicted octanol–water partition coefficient (Wildman–Crippen LogP) is 2.64. The Bertz CT molecular complexity index is 292. The number of rotatable bonds is 1. The first-order chi connectivity index (χ1) is 8.13. The van der Waals surface area contributed by atoms with Crippen LogP contribution in [0.4, 0.5) is 17.6 Å². The zero-order chi connectivity index (χ0) is 14.0. The largest absolute Gasteiger partial charge is 0.490 e. The molecule has 2 bridgehead atoms. The average Bonchev–Trinajstić information content (AvgIpc) is 2.30. The minimum atomic E-state index is -5.08. The van der Waals surface area contributed by atoms with Crippen molar-refractivity contribution in [1.29, 1.82) is 0 Å². The molecule has 0 heterocycles. The van der Waals surface area contributed by atoms with Crippen LogP contribution in [-0.4, -0.2) is 29.5 Å². The molecular formula is C11H17F4NO2. The zero-order valence-electron chi connectivity index (χ0n) is 9.89. The fourth-order valence-corrected chi connectivity index (χ4v) is 2.52. The maximum atomic E-state index is 13.6. The summed E-state index contributed by atoms with van der Waals surface area (Å²) in [6, 6.07) is 0. The summed E-state index contributed by atoms with van der Waals surface area (Å²) >= 11 is 0. The number of alkyl halides is 4. The number of carboxylic acids is 1. The van der Waals surface area contributed by atoms with Crippen molar-refractivity contribution in [3.63, 3.8) is 0 Å². The topological polar surface area (TPSA) is 63.3 Å². The lowest BCUT2D eigenvalue weighted by atomic mass is 9.59. The summed E-state index contributed by atoms with van der Waals surface area (Å²) in [5.74, 6) is -2.76. The summed E-state index contributed by atoms with van der Waals surface area (Å²) < 4.78 is 45.3. The zero-order valence-corrected chi connectivity index (χ0v) is 9.89. The summed E-state index contributed by atoms with van der Waals surface area (Å²) in [6.45, 7) is 0.767. The van der Waals surface area contributed by atoms with Gasteiger partial charge in [-0.25, -0.2) is 9.18 Å². The molecule has 3 N–H and O–H groups in total. The molecule has 0 aromatic carbocycles. The van der Waals surface area contributed by atoms with Gasteiger partial charge in [0.25, 0.3) is 0 Å². The van der Waals surface area contributed by atoms with Gasteiger partial charge in [-0.05, 0) is 50.5 Å². The third-order valence-electron chi connectivity index (χ3n) is 3.99. The molecule has 3 aliphatic rings. The van der Waals surface area contributed by atoms with Crippen molar-refractivity contribution in [2.24, 2.45) is 11.1 Å². The van der Waals surface area contributed by atoms with Crippen LogP contribution in [0.1, 0.15) is 38.5 Å². The van der Waals surface area contributed by atoms with E-state index in [4.69, 9.17) is 15.6 Å². The van der Waals surface area contributed by atoms with Gasteiger partial charge in [0.2, 0.25) is 0 Å². The Kier molecular flexibility index (Phi) is 4.25. The third kappa shape index (κ3) is 3.57. The summed E-state index contributed by atoms with van der Waals surface area (Å²) in [5.41, 5.74) is 5.24. The first kappa shape index (κ1) is 15.2. The summed E-state index contributed by atoms with van der Waals surface area (Å²) in [6.07, 6.45) is 0.304. The number of aliphatic carboxylic acids is 1. The molecule has 3 nitrogen and oxygen atoms in total. The van der Waals surface area contributed by atoms with E-state index in [2.05, 4.69) is 0 Å². The molecule has 0 atom stereocenters. The molecule has 0 aromatic rings. The van der Waals surface area contributed by atoms with Gasteiger partial charge in [-0.2, -0.15) is 13.2 Å². The smallest absolute Gasteiger partial charge is 0.475 e. The van der Waals surface area contributed by atoms with Gasteiger partial charge in [0.1, 0.15) is 5.67 Å². The van der Waals surface area contributed by atoms with Gasteiger partial charge in [-0.15, -0.1) is 0 Å². The molecule has 0 spiro atoms. The number of carboxylic acid groups (broad SMARTS) is 1. The lowest BCUT2D eigenvalue weighted by Crippen LogP contribution is -2.46. The van der Waals surface area contributed by atoms with Crippen LogP contribution in [0.15, 0.2) is 0 Å². The Hall–Kier alpha value is -0.850. The predicted molar refractivity (Wildman–Crippen MR) is 56.7 cm³/mol. The Labute approximate surface area is 102 Å². The molecule has 3 saturated carbocycles. The van der Waals surface area contributed by atoms with Crippen LogP contribution >= 0.6 is 0 Å². The van der Waals surface area contributed by atoms with Gasteiger partial charge in [-0.1, -0.05) is 0 Å². The van der Waals surface area contributed by atoms with Crippen molar-refractivity contribution in [3.8, 4) is 0 Å². The number of fused-ring (bicyclic) bond motifs is 3. The minimum Gasteiger partial charge on any atom is -0.475 e. The van der Waals surface area contributed by atoms with Gasteiger partial charge in [0.05, 0.1) is 0 Å². The molecule has 3 rings (SSSR count). The van der Waals surface area contributed by atoms with E-state index in [0.717, 1.165) is 45.1 Å². The Balaban J connectivity index is 0.000000203. The molecule has 106 valence electrons. The van der Waals surface area contributed by atoms with Gasteiger partial charge >= 0.3 is 12.1 Å². The van der Waals surface area contributed by atoms with Gasteiger partial charge in [0.15, 0.2) is 0 Å². The lowest BCUT2D eigenvalue weighted by Gasteiger charge is -2.49. The first-order valence-corrected chi connectivity index (χ1v) is 5.82. The fraction of sp³-hybridized carbons (Fsp3) is 0.909. The highest BCUT2D eigenvalue weighted by molar-refractivity contribution is 5.73. The van der Waals surface area contributed by atoms with E-state index in [0.29, 0.717) is 5.41 Å². The molecule has 3 fully saturated rings. The Morgan fingerprint density at radius 2 is 1.44 bits per heavy atom. The van der Waals surface area contributed by atoms with E-state index >= 15 is 0 Å². The molecular weight excluding hydrogens is 254 g/mol. The normalized spacial score (nSPS) is 34.7. The van der Waals surface area contributed by atoms with Crippen LogP contribution in [0.5, 0.6) is 0 Å². The quantitative estimate of drug-likeness (QED) is 0.721. The second kappa shape index (κ2) is 5.03. The van der Waals surface area contributed by atoms with Crippen molar-refractivity contribution in [3.05, 3.63) is 0 Å². The van der Waals surface area contributed by atoms with Crippen molar-refractivity contribution in [2.75, 3.05) is 6.54 Å². The van der Waals surface area contributed by atoms with Gasteiger partial charge in [0, 0.05) is 0 Å². The monoisotopic (exact) mass is 271 g/mol. The fourth-order valence-electron chi connectivity index (χ4n) is 2.52. The molecule has 0 unspecified atom stereocenters. The van der Waals surface area contributed by atoms with Crippen LogP contribution in [0, 0.1) is 5.41 Å². The van der Waals surface area contributed by atoms with E-state index in [1.807, 2.05) is 0 Å². The van der Waals surface area contributed by atoms with Gasteiger partial charge < -0.3 is 10.8 Å².